The molecule has 0 aromatic heterocycles. The number of hydrogen-bond acceptors (Lipinski definition) is 2. The van der Waals surface area contributed by atoms with Crippen molar-refractivity contribution in [3.05, 3.63) is 113 Å². The highest BCUT2D eigenvalue weighted by Crippen LogP contribution is 2.42. The van der Waals surface area contributed by atoms with Gasteiger partial charge in [-0.25, -0.2) is 4.79 Å². The van der Waals surface area contributed by atoms with Crippen molar-refractivity contribution in [1.29, 1.82) is 0 Å². The zero-order chi connectivity index (χ0) is 17.1. The summed E-state index contributed by atoms with van der Waals surface area (Å²) in [4.78, 5) is 12.7. The standard InChI is InChI=1S/C23H18O2/c24-23-20(16-17-10-4-1-5-11-17)21(18-12-6-2-7-13-18)22(25-23)19-14-8-3-9-15-19/h1-15,22H,16H2. The number of ether oxygens (including phenoxy) is 1. The average molecular weight is 326 g/mol. The summed E-state index contributed by atoms with van der Waals surface area (Å²) in [5, 5.41) is 0. The van der Waals surface area contributed by atoms with Gasteiger partial charge in [-0.05, 0) is 16.7 Å². The Bertz CT molecular complexity index is 897. The van der Waals surface area contributed by atoms with Crippen LogP contribution in [0, 0.1) is 0 Å². The molecule has 0 saturated carbocycles. The van der Waals surface area contributed by atoms with Gasteiger partial charge in [-0.1, -0.05) is 91.0 Å². The lowest BCUT2D eigenvalue weighted by Crippen LogP contribution is -2.04. The third-order valence-electron chi connectivity index (χ3n) is 4.47. The van der Waals surface area contributed by atoms with Crippen molar-refractivity contribution >= 4 is 11.5 Å². The van der Waals surface area contributed by atoms with Crippen LogP contribution in [0.2, 0.25) is 0 Å². The van der Waals surface area contributed by atoms with Gasteiger partial charge in [0.05, 0.1) is 0 Å². The van der Waals surface area contributed by atoms with Gasteiger partial charge in [-0.2, -0.15) is 0 Å². The summed E-state index contributed by atoms with van der Waals surface area (Å²) in [7, 11) is 0. The molecule has 0 fully saturated rings. The molecule has 0 saturated heterocycles. The highest BCUT2D eigenvalue weighted by Gasteiger charge is 2.35. The van der Waals surface area contributed by atoms with Gasteiger partial charge in [-0.3, -0.25) is 0 Å². The molecule has 25 heavy (non-hydrogen) atoms. The van der Waals surface area contributed by atoms with Crippen molar-refractivity contribution in [3.63, 3.8) is 0 Å². The first-order valence-electron chi connectivity index (χ1n) is 8.41. The highest BCUT2D eigenvalue weighted by atomic mass is 16.5. The molecule has 3 aromatic carbocycles. The molecule has 122 valence electrons. The quantitative estimate of drug-likeness (QED) is 0.632. The smallest absolute Gasteiger partial charge is 0.335 e. The third-order valence-corrected chi connectivity index (χ3v) is 4.47. The molecule has 2 nitrogen and oxygen atoms in total. The first kappa shape index (κ1) is 15.4. The molecule has 0 aliphatic carbocycles. The van der Waals surface area contributed by atoms with Crippen molar-refractivity contribution < 1.29 is 9.53 Å². The molecule has 4 rings (SSSR count). The van der Waals surface area contributed by atoms with E-state index in [1.54, 1.807) is 0 Å². The Kier molecular flexibility index (Phi) is 4.17. The highest BCUT2D eigenvalue weighted by molar-refractivity contribution is 6.03. The molecule has 0 amide bonds. The number of esters is 1. The zero-order valence-electron chi connectivity index (χ0n) is 13.8. The Hall–Kier alpha value is -3.13. The van der Waals surface area contributed by atoms with E-state index in [2.05, 4.69) is 0 Å². The van der Waals surface area contributed by atoms with E-state index >= 15 is 0 Å². The normalized spacial score (nSPS) is 16.8. The summed E-state index contributed by atoms with van der Waals surface area (Å²) in [6.45, 7) is 0. The number of rotatable bonds is 4. The predicted molar refractivity (Wildman–Crippen MR) is 98.8 cm³/mol. The minimum atomic E-state index is -0.352. The van der Waals surface area contributed by atoms with E-state index in [0.717, 1.165) is 27.8 Å². The molecule has 1 unspecified atom stereocenters. The van der Waals surface area contributed by atoms with Crippen LogP contribution in [0.4, 0.5) is 0 Å². The second kappa shape index (κ2) is 6.78. The molecular formula is C23H18O2. The van der Waals surface area contributed by atoms with Crippen molar-refractivity contribution in [2.75, 3.05) is 0 Å². The fourth-order valence-corrected chi connectivity index (χ4v) is 3.28. The van der Waals surface area contributed by atoms with Crippen LogP contribution in [0.25, 0.3) is 5.57 Å². The summed E-state index contributed by atoms with van der Waals surface area (Å²) in [6, 6.07) is 30.0. The Morgan fingerprint density at radius 3 is 1.92 bits per heavy atom. The monoisotopic (exact) mass is 326 g/mol. The summed E-state index contributed by atoms with van der Waals surface area (Å²) in [5.74, 6) is -0.225. The van der Waals surface area contributed by atoms with Crippen LogP contribution in [-0.4, -0.2) is 5.97 Å². The van der Waals surface area contributed by atoms with E-state index < -0.39 is 0 Å². The van der Waals surface area contributed by atoms with E-state index in [0.29, 0.717) is 6.42 Å². The number of cyclic esters (lactones) is 1. The van der Waals surface area contributed by atoms with Crippen LogP contribution in [-0.2, 0) is 16.0 Å². The number of carbonyl (C=O) groups is 1. The maximum atomic E-state index is 12.7. The molecule has 0 spiro atoms. The molecular weight excluding hydrogens is 308 g/mol. The van der Waals surface area contributed by atoms with Crippen molar-refractivity contribution in [1.82, 2.24) is 0 Å². The van der Waals surface area contributed by atoms with Gasteiger partial charge < -0.3 is 4.74 Å². The molecule has 0 N–H and O–H groups in total. The Morgan fingerprint density at radius 2 is 1.28 bits per heavy atom. The van der Waals surface area contributed by atoms with Crippen LogP contribution in [0.15, 0.2) is 96.6 Å². The molecule has 1 heterocycles. The second-order valence-electron chi connectivity index (χ2n) is 6.12. The molecule has 0 radical (unpaired) electrons. The lowest BCUT2D eigenvalue weighted by Gasteiger charge is -2.15. The van der Waals surface area contributed by atoms with E-state index in [4.69, 9.17) is 4.74 Å². The second-order valence-corrected chi connectivity index (χ2v) is 6.12. The van der Waals surface area contributed by atoms with Crippen LogP contribution in [0.3, 0.4) is 0 Å². The van der Waals surface area contributed by atoms with Crippen LogP contribution in [0.5, 0.6) is 0 Å². The lowest BCUT2D eigenvalue weighted by molar-refractivity contribution is -0.139. The fraction of sp³-hybridized carbons (Fsp3) is 0.0870. The Labute approximate surface area is 147 Å². The number of benzene rings is 3. The van der Waals surface area contributed by atoms with E-state index in [-0.39, 0.29) is 12.1 Å². The Balaban J connectivity index is 1.83. The topological polar surface area (TPSA) is 26.3 Å². The summed E-state index contributed by atoms with van der Waals surface area (Å²) in [6.07, 6.45) is 0.225. The van der Waals surface area contributed by atoms with Crippen LogP contribution in [0.1, 0.15) is 22.8 Å². The molecule has 1 aliphatic rings. The van der Waals surface area contributed by atoms with Crippen molar-refractivity contribution in [2.45, 2.75) is 12.5 Å². The molecule has 0 bridgehead atoms. The van der Waals surface area contributed by atoms with Gasteiger partial charge in [0.2, 0.25) is 0 Å². The minimum absolute atomic E-state index is 0.225. The molecule has 1 aliphatic heterocycles. The molecule has 1 atom stereocenters. The Morgan fingerprint density at radius 1 is 0.720 bits per heavy atom. The average Bonchev–Trinajstić information content (AvgIpc) is 3.00. The maximum Gasteiger partial charge on any atom is 0.335 e. The lowest BCUT2D eigenvalue weighted by atomic mass is 9.90. The van der Waals surface area contributed by atoms with Gasteiger partial charge in [0.15, 0.2) is 6.10 Å². The fourth-order valence-electron chi connectivity index (χ4n) is 3.28. The van der Waals surface area contributed by atoms with Crippen LogP contribution < -0.4 is 0 Å². The van der Waals surface area contributed by atoms with E-state index in [1.807, 2.05) is 91.0 Å². The maximum absolute atomic E-state index is 12.7. The summed E-state index contributed by atoms with van der Waals surface area (Å²) < 4.78 is 5.79. The van der Waals surface area contributed by atoms with Crippen molar-refractivity contribution in [3.8, 4) is 0 Å². The van der Waals surface area contributed by atoms with Gasteiger partial charge in [0, 0.05) is 17.6 Å². The summed E-state index contributed by atoms with van der Waals surface area (Å²) >= 11 is 0. The van der Waals surface area contributed by atoms with Crippen molar-refractivity contribution in [2.24, 2.45) is 0 Å². The summed E-state index contributed by atoms with van der Waals surface area (Å²) in [5.41, 5.74) is 4.86. The molecule has 2 heteroatoms. The van der Waals surface area contributed by atoms with Gasteiger partial charge >= 0.3 is 5.97 Å². The number of hydrogen-bond donors (Lipinski definition) is 0. The zero-order valence-corrected chi connectivity index (χ0v) is 13.8. The van der Waals surface area contributed by atoms with Crippen LogP contribution >= 0.6 is 0 Å². The number of carbonyl (C=O) groups excluding carboxylic acids is 1. The minimum Gasteiger partial charge on any atom is -0.449 e. The first-order chi connectivity index (χ1) is 12.3. The SMILES string of the molecule is O=C1OC(c2ccccc2)C(c2ccccc2)=C1Cc1ccccc1. The van der Waals surface area contributed by atoms with Gasteiger partial charge in [-0.15, -0.1) is 0 Å². The van der Waals surface area contributed by atoms with E-state index in [1.165, 1.54) is 0 Å². The predicted octanol–water partition coefficient (Wildman–Crippen LogP) is 4.98. The van der Waals surface area contributed by atoms with Gasteiger partial charge in [0.1, 0.15) is 0 Å². The van der Waals surface area contributed by atoms with Gasteiger partial charge in [0.25, 0.3) is 0 Å². The van der Waals surface area contributed by atoms with E-state index in [9.17, 15) is 4.79 Å². The third kappa shape index (κ3) is 3.11. The molecule has 3 aromatic rings. The largest absolute Gasteiger partial charge is 0.449 e. The first-order valence-corrected chi connectivity index (χ1v) is 8.41.